The van der Waals surface area contributed by atoms with Crippen LogP contribution in [0.15, 0.2) is 29.3 Å². The highest BCUT2D eigenvalue weighted by Crippen LogP contribution is 2.30. The first-order chi connectivity index (χ1) is 13.4. The molecule has 1 aromatic rings. The lowest BCUT2D eigenvalue weighted by atomic mass is 9.96. The zero-order chi connectivity index (χ0) is 20.9. The van der Waals surface area contributed by atoms with Gasteiger partial charge in [0.15, 0.2) is 5.90 Å². The Bertz CT molecular complexity index is 573. The number of unbranched alkanes of at least 4 members (excludes halogenated alkanes) is 1. The van der Waals surface area contributed by atoms with Crippen LogP contribution in [0.2, 0.25) is 0 Å². The van der Waals surface area contributed by atoms with Crippen LogP contribution in [0.3, 0.4) is 0 Å². The average molecular weight is 392 g/mol. The molecule has 0 amide bonds. The number of hydrogen-bond acceptors (Lipinski definition) is 4. The lowest BCUT2D eigenvalue weighted by Crippen LogP contribution is -2.28. The minimum absolute atomic E-state index is 0.0873. The molecule has 1 aromatic carbocycles. The molecule has 1 rings (SSSR count). The molecule has 28 heavy (non-hydrogen) atoms. The van der Waals surface area contributed by atoms with Gasteiger partial charge in [0.05, 0.1) is 6.04 Å². The molecule has 4 unspecified atom stereocenters. The molecule has 0 saturated carbocycles. The van der Waals surface area contributed by atoms with Gasteiger partial charge in [-0.05, 0) is 50.2 Å². The molecule has 0 radical (unpaired) electrons. The first-order valence-corrected chi connectivity index (χ1v) is 10.8. The van der Waals surface area contributed by atoms with Crippen LogP contribution in [0, 0.1) is 12.8 Å². The number of benzene rings is 1. The van der Waals surface area contributed by atoms with Gasteiger partial charge >= 0.3 is 0 Å². The van der Waals surface area contributed by atoms with Gasteiger partial charge in [-0.1, -0.05) is 57.9 Å². The molecular weight excluding hydrogens is 350 g/mol. The number of aryl methyl sites for hydroxylation is 1. The first kappa shape index (κ1) is 24.6. The number of ether oxygens (including phenoxy) is 3. The fraction of sp³-hybridized carbons (Fsp3) is 0.708. The van der Waals surface area contributed by atoms with Crippen molar-refractivity contribution in [1.82, 2.24) is 0 Å². The summed E-state index contributed by atoms with van der Waals surface area (Å²) in [6, 6.07) is 8.61. The Morgan fingerprint density at radius 2 is 1.86 bits per heavy atom. The van der Waals surface area contributed by atoms with Crippen LogP contribution < -0.4 is 0 Å². The Labute approximate surface area is 172 Å². The number of nitrogens with zero attached hydrogens (tertiary/aromatic N) is 1. The largest absolute Gasteiger partial charge is 0.475 e. The quantitative estimate of drug-likeness (QED) is 0.220. The van der Waals surface area contributed by atoms with E-state index in [2.05, 4.69) is 58.9 Å². The average Bonchev–Trinajstić information content (AvgIpc) is 2.66. The van der Waals surface area contributed by atoms with E-state index < -0.39 is 0 Å². The first-order valence-electron chi connectivity index (χ1n) is 10.8. The number of aliphatic imine (C=N–C) groups is 1. The van der Waals surface area contributed by atoms with E-state index in [1.807, 2.05) is 6.92 Å². The topological polar surface area (TPSA) is 40.0 Å². The minimum Gasteiger partial charge on any atom is -0.475 e. The van der Waals surface area contributed by atoms with E-state index >= 15 is 0 Å². The van der Waals surface area contributed by atoms with E-state index in [1.54, 1.807) is 7.11 Å². The maximum atomic E-state index is 6.38. The van der Waals surface area contributed by atoms with Crippen molar-refractivity contribution in [3.63, 3.8) is 0 Å². The van der Waals surface area contributed by atoms with E-state index in [9.17, 15) is 0 Å². The van der Waals surface area contributed by atoms with Crippen LogP contribution in [-0.2, 0) is 14.2 Å². The summed E-state index contributed by atoms with van der Waals surface area (Å²) in [4.78, 5) is 4.80. The Hall–Kier alpha value is -1.39. The zero-order valence-electron chi connectivity index (χ0n) is 19.0. The van der Waals surface area contributed by atoms with Crippen LogP contribution in [-0.4, -0.2) is 31.9 Å². The highest BCUT2D eigenvalue weighted by Gasteiger charge is 2.27. The Balaban J connectivity index is 3.02. The molecule has 4 heteroatoms. The van der Waals surface area contributed by atoms with Crippen molar-refractivity contribution in [2.75, 3.05) is 13.9 Å². The highest BCUT2D eigenvalue weighted by atomic mass is 16.7. The van der Waals surface area contributed by atoms with Crippen LogP contribution >= 0.6 is 0 Å². The third-order valence-corrected chi connectivity index (χ3v) is 5.20. The van der Waals surface area contributed by atoms with Crippen LogP contribution in [0.4, 0.5) is 0 Å². The molecule has 0 N–H and O–H groups in total. The van der Waals surface area contributed by atoms with Crippen LogP contribution in [0.1, 0.15) is 84.0 Å². The lowest BCUT2D eigenvalue weighted by molar-refractivity contribution is -0.113. The maximum Gasteiger partial charge on any atom is 0.180 e. The molecule has 4 atom stereocenters. The predicted molar refractivity (Wildman–Crippen MR) is 118 cm³/mol. The van der Waals surface area contributed by atoms with Crippen molar-refractivity contribution < 1.29 is 14.2 Å². The molecule has 0 aliphatic rings. The molecule has 0 heterocycles. The molecule has 0 saturated heterocycles. The summed E-state index contributed by atoms with van der Waals surface area (Å²) in [5.41, 5.74) is 2.36. The predicted octanol–water partition coefficient (Wildman–Crippen LogP) is 6.48. The fourth-order valence-corrected chi connectivity index (χ4v) is 3.48. The summed E-state index contributed by atoms with van der Waals surface area (Å²) in [6.45, 7) is 13.2. The third-order valence-electron chi connectivity index (χ3n) is 5.20. The molecule has 0 bridgehead atoms. The monoisotopic (exact) mass is 391 g/mol. The van der Waals surface area contributed by atoms with Crippen LogP contribution in [0.5, 0.6) is 0 Å². The van der Waals surface area contributed by atoms with Gasteiger partial charge in [-0.3, -0.25) is 4.99 Å². The van der Waals surface area contributed by atoms with E-state index in [0.29, 0.717) is 5.92 Å². The summed E-state index contributed by atoms with van der Waals surface area (Å²) in [7, 11) is 1.65. The number of methoxy groups -OCH3 is 1. The second kappa shape index (κ2) is 13.7. The highest BCUT2D eigenvalue weighted by molar-refractivity contribution is 5.73. The maximum absolute atomic E-state index is 6.38. The zero-order valence-corrected chi connectivity index (χ0v) is 19.0. The fourth-order valence-electron chi connectivity index (χ4n) is 3.48. The van der Waals surface area contributed by atoms with Crippen molar-refractivity contribution >= 4 is 5.90 Å². The summed E-state index contributed by atoms with van der Waals surface area (Å²) in [6.07, 6.45) is 5.12. The standard InChI is InChI=1S/C24H41NO3/c1-8-10-15-23(28-21(6)25-20(5)16-18(3)9-2)24(27-17-26-7)22-14-12-11-13-19(22)4/h11-14,18,20,23-24H,8-10,15-17H2,1-7H3. The molecule has 160 valence electrons. The van der Waals surface area contributed by atoms with E-state index in [0.717, 1.165) is 37.1 Å². The van der Waals surface area contributed by atoms with Crippen molar-refractivity contribution in [2.45, 2.75) is 91.9 Å². The van der Waals surface area contributed by atoms with E-state index in [-0.39, 0.29) is 25.0 Å². The van der Waals surface area contributed by atoms with Gasteiger partial charge in [0.2, 0.25) is 0 Å². The van der Waals surface area contributed by atoms with E-state index in [1.165, 1.54) is 12.0 Å². The van der Waals surface area contributed by atoms with Crippen molar-refractivity contribution in [1.29, 1.82) is 0 Å². The normalized spacial score (nSPS) is 16.5. The Morgan fingerprint density at radius 3 is 2.46 bits per heavy atom. The van der Waals surface area contributed by atoms with Gasteiger partial charge in [0, 0.05) is 14.0 Å². The Kier molecular flexibility index (Phi) is 12.1. The van der Waals surface area contributed by atoms with Gasteiger partial charge in [-0.25, -0.2) is 0 Å². The molecule has 0 aromatic heterocycles. The number of rotatable bonds is 13. The van der Waals surface area contributed by atoms with Gasteiger partial charge in [-0.15, -0.1) is 0 Å². The summed E-state index contributed by atoms with van der Waals surface area (Å²) >= 11 is 0. The SMILES string of the molecule is CCCCC(OC(C)=NC(C)CC(C)CC)C(OCOC)c1ccccc1C. The van der Waals surface area contributed by atoms with Gasteiger partial charge in [0.1, 0.15) is 19.0 Å². The van der Waals surface area contributed by atoms with E-state index in [4.69, 9.17) is 19.2 Å². The van der Waals surface area contributed by atoms with Crippen molar-refractivity contribution in [3.05, 3.63) is 35.4 Å². The van der Waals surface area contributed by atoms with Crippen molar-refractivity contribution in [2.24, 2.45) is 10.9 Å². The smallest absolute Gasteiger partial charge is 0.180 e. The summed E-state index contributed by atoms with van der Waals surface area (Å²) in [5.74, 6) is 1.42. The number of hydrogen-bond donors (Lipinski definition) is 0. The molecule has 0 fully saturated rings. The second-order valence-electron chi connectivity index (χ2n) is 7.90. The molecule has 0 aliphatic heterocycles. The van der Waals surface area contributed by atoms with Gasteiger partial charge < -0.3 is 14.2 Å². The third kappa shape index (κ3) is 8.74. The lowest BCUT2D eigenvalue weighted by Gasteiger charge is -2.29. The van der Waals surface area contributed by atoms with Crippen molar-refractivity contribution in [3.8, 4) is 0 Å². The Morgan fingerprint density at radius 1 is 1.14 bits per heavy atom. The second-order valence-corrected chi connectivity index (χ2v) is 7.90. The molecular formula is C24H41NO3. The van der Waals surface area contributed by atoms with Gasteiger partial charge in [-0.2, -0.15) is 0 Å². The van der Waals surface area contributed by atoms with Gasteiger partial charge in [0.25, 0.3) is 0 Å². The molecule has 0 spiro atoms. The summed E-state index contributed by atoms with van der Waals surface area (Å²) < 4.78 is 17.7. The molecule has 0 aliphatic carbocycles. The van der Waals surface area contributed by atoms with Crippen LogP contribution in [0.25, 0.3) is 0 Å². The minimum atomic E-state index is -0.178. The summed E-state index contributed by atoms with van der Waals surface area (Å²) in [5, 5.41) is 0. The molecule has 4 nitrogen and oxygen atoms in total.